The van der Waals surface area contributed by atoms with Gasteiger partial charge in [0.1, 0.15) is 24.5 Å². The van der Waals surface area contributed by atoms with E-state index in [2.05, 4.69) is 15.3 Å². The molecule has 3 aromatic heterocycles. The SMILES string of the molecule is NC(=O)C(=O)C(CCc1ccoc1)NC1OC1c1cncn1-c1ccccn1. The van der Waals surface area contributed by atoms with Crippen LogP contribution >= 0.6 is 0 Å². The van der Waals surface area contributed by atoms with E-state index in [9.17, 15) is 9.59 Å². The summed E-state index contributed by atoms with van der Waals surface area (Å²) in [4.78, 5) is 32.1. The molecule has 0 saturated carbocycles. The van der Waals surface area contributed by atoms with Crippen LogP contribution in [0.3, 0.4) is 0 Å². The molecule has 1 aliphatic heterocycles. The number of primary amides is 1. The van der Waals surface area contributed by atoms with E-state index in [1.54, 1.807) is 31.2 Å². The van der Waals surface area contributed by atoms with Gasteiger partial charge < -0.3 is 14.9 Å². The molecule has 1 aliphatic rings. The van der Waals surface area contributed by atoms with E-state index in [1.165, 1.54) is 0 Å². The number of nitrogens with two attached hydrogens (primary N) is 1. The van der Waals surface area contributed by atoms with Gasteiger partial charge in [-0.3, -0.25) is 19.5 Å². The Labute approximate surface area is 160 Å². The Morgan fingerprint density at radius 3 is 2.93 bits per heavy atom. The van der Waals surface area contributed by atoms with Gasteiger partial charge in [-0.2, -0.15) is 0 Å². The molecule has 1 amide bonds. The fourth-order valence-electron chi connectivity index (χ4n) is 3.07. The zero-order chi connectivity index (χ0) is 19.5. The Bertz CT molecular complexity index is 954. The van der Waals surface area contributed by atoms with Crippen LogP contribution < -0.4 is 11.1 Å². The molecular weight excluding hydrogens is 362 g/mol. The number of carbonyl (C=O) groups excluding carboxylic acids is 2. The minimum Gasteiger partial charge on any atom is -0.472 e. The van der Waals surface area contributed by atoms with Crippen LogP contribution in [0.5, 0.6) is 0 Å². The minimum atomic E-state index is -0.972. The number of hydrogen-bond acceptors (Lipinski definition) is 7. The summed E-state index contributed by atoms with van der Waals surface area (Å²) in [5.74, 6) is -0.926. The van der Waals surface area contributed by atoms with E-state index in [0.29, 0.717) is 18.7 Å². The number of Topliss-reactive ketones (excluding diaryl/α,β-unsaturated/α-hetero) is 1. The lowest BCUT2D eigenvalue weighted by Crippen LogP contribution is -2.45. The van der Waals surface area contributed by atoms with Crippen LogP contribution in [0.2, 0.25) is 0 Å². The maximum absolute atomic E-state index is 12.2. The Balaban J connectivity index is 1.44. The Morgan fingerprint density at radius 2 is 2.21 bits per heavy atom. The van der Waals surface area contributed by atoms with Crippen molar-refractivity contribution >= 4 is 11.7 Å². The molecule has 4 rings (SSSR count). The average Bonchev–Trinajstić information content (AvgIpc) is 3.11. The lowest BCUT2D eigenvalue weighted by Gasteiger charge is -2.14. The van der Waals surface area contributed by atoms with Crippen LogP contribution in [0.4, 0.5) is 0 Å². The van der Waals surface area contributed by atoms with Crippen molar-refractivity contribution in [3.05, 3.63) is 66.8 Å². The van der Waals surface area contributed by atoms with Crippen LogP contribution in [-0.2, 0) is 20.7 Å². The molecule has 9 nitrogen and oxygen atoms in total. The highest BCUT2D eigenvalue weighted by Crippen LogP contribution is 2.38. The summed E-state index contributed by atoms with van der Waals surface area (Å²) >= 11 is 0. The molecule has 3 N–H and O–H groups in total. The number of nitrogens with zero attached hydrogens (tertiary/aromatic N) is 3. The molecule has 9 heteroatoms. The normalized spacial score (nSPS) is 19.3. The topological polar surface area (TPSA) is 129 Å². The van der Waals surface area contributed by atoms with Crippen LogP contribution in [0.1, 0.15) is 23.8 Å². The molecule has 3 aromatic rings. The number of aryl methyl sites for hydroxylation is 1. The van der Waals surface area contributed by atoms with Gasteiger partial charge in [-0.15, -0.1) is 0 Å². The summed E-state index contributed by atoms with van der Waals surface area (Å²) in [6, 6.07) is 6.65. The second-order valence-corrected chi connectivity index (χ2v) is 6.47. The van der Waals surface area contributed by atoms with Gasteiger partial charge in [0.25, 0.3) is 5.91 Å². The second kappa shape index (κ2) is 7.75. The predicted octanol–water partition coefficient (Wildman–Crippen LogP) is 0.903. The molecule has 0 radical (unpaired) electrons. The highest BCUT2D eigenvalue weighted by molar-refractivity contribution is 6.37. The highest BCUT2D eigenvalue weighted by Gasteiger charge is 2.45. The number of ketones is 1. The second-order valence-electron chi connectivity index (χ2n) is 6.47. The quantitative estimate of drug-likeness (QED) is 0.416. The third kappa shape index (κ3) is 3.85. The van der Waals surface area contributed by atoms with Crippen molar-refractivity contribution in [1.82, 2.24) is 19.9 Å². The first kappa shape index (κ1) is 18.1. The number of nitrogens with one attached hydrogen (secondary N) is 1. The summed E-state index contributed by atoms with van der Waals surface area (Å²) in [5, 5.41) is 3.09. The fourth-order valence-corrected chi connectivity index (χ4v) is 3.07. The third-order valence-electron chi connectivity index (χ3n) is 4.57. The zero-order valence-electron chi connectivity index (χ0n) is 14.9. The maximum atomic E-state index is 12.2. The van der Waals surface area contributed by atoms with Gasteiger partial charge in [0.15, 0.2) is 0 Å². The summed E-state index contributed by atoms with van der Waals surface area (Å²) in [7, 11) is 0. The molecular formula is C19H19N5O4. The van der Waals surface area contributed by atoms with Gasteiger partial charge in [-0.05, 0) is 36.6 Å². The minimum absolute atomic E-state index is 0.304. The molecule has 28 heavy (non-hydrogen) atoms. The Morgan fingerprint density at radius 1 is 1.32 bits per heavy atom. The standard InChI is InChI=1S/C19H19N5O4/c20-18(26)16(25)13(5-4-12-6-8-27-10-12)23-19-17(28-19)14-9-21-11-24(14)15-3-1-2-7-22-15/h1-3,6-11,13,17,19,23H,4-5H2,(H2,20,26). The lowest BCUT2D eigenvalue weighted by atomic mass is 10.0. The lowest BCUT2D eigenvalue weighted by molar-refractivity contribution is -0.137. The summed E-state index contributed by atoms with van der Waals surface area (Å²) in [5.41, 5.74) is 6.94. The third-order valence-corrected chi connectivity index (χ3v) is 4.57. The van der Waals surface area contributed by atoms with Gasteiger partial charge in [-0.1, -0.05) is 6.07 Å². The van der Waals surface area contributed by atoms with Gasteiger partial charge in [-0.25, -0.2) is 9.97 Å². The molecule has 0 aromatic carbocycles. The van der Waals surface area contributed by atoms with Crippen molar-refractivity contribution in [2.45, 2.75) is 31.2 Å². The van der Waals surface area contributed by atoms with Gasteiger partial charge in [0, 0.05) is 6.20 Å². The van der Waals surface area contributed by atoms with Gasteiger partial charge in [0.2, 0.25) is 5.78 Å². The van der Waals surface area contributed by atoms with Crippen LogP contribution in [0.25, 0.3) is 5.82 Å². The van der Waals surface area contributed by atoms with E-state index >= 15 is 0 Å². The molecule has 3 atom stereocenters. The number of epoxide rings is 1. The fraction of sp³-hybridized carbons (Fsp3) is 0.263. The predicted molar refractivity (Wildman–Crippen MR) is 97.1 cm³/mol. The van der Waals surface area contributed by atoms with Crippen molar-refractivity contribution < 1.29 is 18.7 Å². The monoisotopic (exact) mass is 381 g/mol. The summed E-state index contributed by atoms with van der Waals surface area (Å²) in [6.07, 6.45) is 8.45. The van der Waals surface area contributed by atoms with Crippen molar-refractivity contribution in [3.8, 4) is 5.82 Å². The van der Waals surface area contributed by atoms with Crippen LogP contribution in [0.15, 0.2) is 59.9 Å². The highest BCUT2D eigenvalue weighted by atomic mass is 16.6. The van der Waals surface area contributed by atoms with E-state index < -0.39 is 24.0 Å². The molecule has 4 heterocycles. The van der Waals surface area contributed by atoms with Crippen molar-refractivity contribution in [2.75, 3.05) is 0 Å². The average molecular weight is 381 g/mol. The van der Waals surface area contributed by atoms with Crippen molar-refractivity contribution in [1.29, 1.82) is 0 Å². The molecule has 0 spiro atoms. The number of furan rings is 1. The Kier molecular flexibility index (Phi) is 5.00. The number of aromatic nitrogens is 3. The number of amides is 1. The van der Waals surface area contributed by atoms with E-state index in [1.807, 2.05) is 28.8 Å². The zero-order valence-corrected chi connectivity index (χ0v) is 14.9. The number of hydrogen-bond donors (Lipinski definition) is 2. The maximum Gasteiger partial charge on any atom is 0.286 e. The molecule has 0 aliphatic carbocycles. The molecule has 0 bridgehead atoms. The smallest absolute Gasteiger partial charge is 0.286 e. The number of carbonyl (C=O) groups is 2. The van der Waals surface area contributed by atoms with E-state index in [-0.39, 0.29) is 6.10 Å². The molecule has 144 valence electrons. The Hall–Kier alpha value is -3.30. The number of pyridine rings is 1. The van der Waals surface area contributed by atoms with Gasteiger partial charge >= 0.3 is 0 Å². The van der Waals surface area contributed by atoms with Gasteiger partial charge in [0.05, 0.1) is 30.5 Å². The van der Waals surface area contributed by atoms with E-state index in [0.717, 1.165) is 11.3 Å². The first-order valence-corrected chi connectivity index (χ1v) is 8.83. The first-order chi connectivity index (χ1) is 13.6. The molecule has 1 saturated heterocycles. The van der Waals surface area contributed by atoms with Crippen molar-refractivity contribution in [3.63, 3.8) is 0 Å². The number of imidazole rings is 1. The number of rotatable bonds is 9. The summed E-state index contributed by atoms with van der Waals surface area (Å²) < 4.78 is 12.6. The van der Waals surface area contributed by atoms with E-state index in [4.69, 9.17) is 14.9 Å². The van der Waals surface area contributed by atoms with Crippen molar-refractivity contribution in [2.24, 2.45) is 5.73 Å². The van der Waals surface area contributed by atoms with Crippen LogP contribution in [0, 0.1) is 0 Å². The number of ether oxygens (including phenoxy) is 1. The molecule has 1 fully saturated rings. The van der Waals surface area contributed by atoms with Crippen LogP contribution in [-0.4, -0.2) is 38.5 Å². The largest absolute Gasteiger partial charge is 0.472 e. The molecule has 3 unspecified atom stereocenters. The summed E-state index contributed by atoms with van der Waals surface area (Å²) in [6.45, 7) is 0. The first-order valence-electron chi connectivity index (χ1n) is 8.83.